The van der Waals surface area contributed by atoms with Gasteiger partial charge in [0.1, 0.15) is 6.04 Å². The summed E-state index contributed by atoms with van der Waals surface area (Å²) in [5, 5.41) is 3.58. The quantitative estimate of drug-likeness (QED) is 0.758. The average molecular weight is 376 g/mol. The summed E-state index contributed by atoms with van der Waals surface area (Å²) in [6, 6.07) is 9.73. The van der Waals surface area contributed by atoms with Crippen LogP contribution in [0.2, 0.25) is 0 Å². The van der Waals surface area contributed by atoms with Crippen molar-refractivity contribution in [3.63, 3.8) is 0 Å². The second kappa shape index (κ2) is 9.67. The zero-order chi connectivity index (χ0) is 20.0. The Kier molecular flexibility index (Phi) is 7.83. The van der Waals surface area contributed by atoms with Crippen molar-refractivity contribution in [2.75, 3.05) is 32.7 Å². The lowest BCUT2D eigenvalue weighted by Gasteiger charge is -2.45. The Balaban J connectivity index is 2.14. The van der Waals surface area contributed by atoms with Crippen molar-refractivity contribution in [1.29, 1.82) is 0 Å². The number of nitrogens with one attached hydrogen (secondary N) is 1. The van der Waals surface area contributed by atoms with Crippen molar-refractivity contribution in [3.8, 4) is 0 Å². The van der Waals surface area contributed by atoms with E-state index < -0.39 is 0 Å². The molecule has 0 radical (unpaired) electrons. The van der Waals surface area contributed by atoms with Gasteiger partial charge in [0.25, 0.3) is 0 Å². The lowest BCUT2D eigenvalue weighted by Crippen LogP contribution is -2.59. The predicted octanol–water partition coefficient (Wildman–Crippen LogP) is 3.07. The van der Waals surface area contributed by atoms with E-state index in [0.717, 1.165) is 38.3 Å². The smallest absolute Gasteiger partial charge is 0.244 e. The summed E-state index contributed by atoms with van der Waals surface area (Å²) in [6.45, 7) is 16.8. The summed E-state index contributed by atoms with van der Waals surface area (Å²) < 4.78 is 5.88. The molecule has 0 spiro atoms. The van der Waals surface area contributed by atoms with Crippen LogP contribution in [0.5, 0.6) is 0 Å². The number of morpholine rings is 1. The first kappa shape index (κ1) is 21.9. The van der Waals surface area contributed by atoms with Gasteiger partial charge in [0.05, 0.1) is 12.2 Å². The fourth-order valence-corrected chi connectivity index (χ4v) is 3.85. The van der Waals surface area contributed by atoms with E-state index in [4.69, 9.17) is 4.74 Å². The highest BCUT2D eigenvalue weighted by atomic mass is 16.5. The third-order valence-corrected chi connectivity index (χ3v) is 5.47. The van der Waals surface area contributed by atoms with Gasteiger partial charge < -0.3 is 15.0 Å². The van der Waals surface area contributed by atoms with Gasteiger partial charge in [-0.25, -0.2) is 0 Å². The largest absolute Gasteiger partial charge is 0.373 e. The topological polar surface area (TPSA) is 44.8 Å². The lowest BCUT2D eigenvalue weighted by atomic mass is 9.98. The highest BCUT2D eigenvalue weighted by Crippen LogP contribution is 2.23. The molecule has 1 aromatic carbocycles. The molecule has 0 saturated carbocycles. The number of hydrogen-bond donors (Lipinski definition) is 1. The number of benzene rings is 1. The van der Waals surface area contributed by atoms with E-state index in [-0.39, 0.29) is 29.7 Å². The second-order valence-corrected chi connectivity index (χ2v) is 8.21. The first-order chi connectivity index (χ1) is 12.8. The number of carbonyl (C=O) groups excluding carboxylic acids is 1. The minimum absolute atomic E-state index is 0.0666. The van der Waals surface area contributed by atoms with Crippen LogP contribution in [0.25, 0.3) is 0 Å². The molecular formula is C22H37N3O2. The van der Waals surface area contributed by atoms with Crippen molar-refractivity contribution in [3.05, 3.63) is 35.9 Å². The van der Waals surface area contributed by atoms with Gasteiger partial charge in [-0.15, -0.1) is 0 Å². The third-order valence-electron chi connectivity index (χ3n) is 5.47. The molecule has 3 unspecified atom stereocenters. The summed E-state index contributed by atoms with van der Waals surface area (Å²) in [6.07, 6.45) is 0.463. The van der Waals surface area contributed by atoms with Crippen LogP contribution in [0, 0.1) is 0 Å². The average Bonchev–Trinajstić information content (AvgIpc) is 2.63. The van der Waals surface area contributed by atoms with E-state index in [2.05, 4.69) is 37.9 Å². The standard InChI is InChI=1S/C22H37N3O2/c1-7-24(8-2)21(26)20(19-12-10-9-11-13-19)23-16-22(5,6)25-14-17(3)27-18(4)15-25/h9-13,17-18,20,23H,7-8,14-16H2,1-6H3. The van der Waals surface area contributed by atoms with Crippen LogP contribution in [-0.4, -0.2) is 66.2 Å². The van der Waals surface area contributed by atoms with Gasteiger partial charge in [0.15, 0.2) is 0 Å². The van der Waals surface area contributed by atoms with E-state index in [0.29, 0.717) is 0 Å². The van der Waals surface area contributed by atoms with Crippen LogP contribution in [0.3, 0.4) is 0 Å². The number of ether oxygens (including phenoxy) is 1. The Labute approximate surface area is 165 Å². The highest BCUT2D eigenvalue weighted by Gasteiger charge is 2.34. The Hall–Kier alpha value is -1.43. The number of nitrogens with zero attached hydrogens (tertiary/aromatic N) is 2. The van der Waals surface area contributed by atoms with Crippen molar-refractivity contribution in [2.24, 2.45) is 0 Å². The molecule has 5 nitrogen and oxygen atoms in total. The Morgan fingerprint density at radius 3 is 2.26 bits per heavy atom. The van der Waals surface area contributed by atoms with Crippen LogP contribution in [0.15, 0.2) is 30.3 Å². The number of hydrogen-bond acceptors (Lipinski definition) is 4. The number of rotatable bonds is 8. The maximum Gasteiger partial charge on any atom is 0.244 e. The van der Waals surface area contributed by atoms with E-state index in [1.165, 1.54) is 0 Å². The normalized spacial score (nSPS) is 22.4. The van der Waals surface area contributed by atoms with Gasteiger partial charge in [-0.2, -0.15) is 0 Å². The summed E-state index contributed by atoms with van der Waals surface area (Å²) in [5.74, 6) is 0.144. The molecule has 3 atom stereocenters. The summed E-state index contributed by atoms with van der Waals surface area (Å²) in [7, 11) is 0. The summed E-state index contributed by atoms with van der Waals surface area (Å²) in [5.41, 5.74) is 0.956. The van der Waals surface area contributed by atoms with Gasteiger partial charge in [-0.05, 0) is 47.1 Å². The molecule has 2 rings (SSSR count). The molecule has 1 heterocycles. The first-order valence-electron chi connectivity index (χ1n) is 10.3. The third kappa shape index (κ3) is 5.77. The van der Waals surface area contributed by atoms with Gasteiger partial charge in [-0.3, -0.25) is 9.69 Å². The molecule has 152 valence electrons. The number of amides is 1. The maximum absolute atomic E-state index is 13.1. The summed E-state index contributed by atoms with van der Waals surface area (Å²) in [4.78, 5) is 17.5. The van der Waals surface area contributed by atoms with Gasteiger partial charge in [0.2, 0.25) is 5.91 Å². The first-order valence-corrected chi connectivity index (χ1v) is 10.3. The zero-order valence-electron chi connectivity index (χ0n) is 17.9. The van der Waals surface area contributed by atoms with E-state index >= 15 is 0 Å². The monoisotopic (exact) mass is 375 g/mol. The maximum atomic E-state index is 13.1. The van der Waals surface area contributed by atoms with Crippen molar-refractivity contribution in [2.45, 2.75) is 65.3 Å². The molecule has 0 bridgehead atoms. The van der Waals surface area contributed by atoms with Gasteiger partial charge in [0, 0.05) is 38.3 Å². The molecule has 1 aliphatic heterocycles. The van der Waals surface area contributed by atoms with Crippen molar-refractivity contribution in [1.82, 2.24) is 15.1 Å². The minimum atomic E-state index is -0.318. The zero-order valence-corrected chi connectivity index (χ0v) is 17.9. The molecule has 5 heteroatoms. The van der Waals surface area contributed by atoms with Crippen LogP contribution >= 0.6 is 0 Å². The Morgan fingerprint density at radius 2 is 1.74 bits per heavy atom. The Morgan fingerprint density at radius 1 is 1.19 bits per heavy atom. The second-order valence-electron chi connectivity index (χ2n) is 8.21. The van der Waals surface area contributed by atoms with Crippen molar-refractivity contribution >= 4 is 5.91 Å². The molecule has 0 aromatic heterocycles. The fourth-order valence-electron chi connectivity index (χ4n) is 3.85. The van der Waals surface area contributed by atoms with E-state index in [1.54, 1.807) is 0 Å². The SMILES string of the molecule is CCN(CC)C(=O)C(NCC(C)(C)N1CC(C)OC(C)C1)c1ccccc1. The molecule has 1 saturated heterocycles. The van der Waals surface area contributed by atoms with Gasteiger partial charge in [-0.1, -0.05) is 30.3 Å². The fraction of sp³-hybridized carbons (Fsp3) is 0.682. The Bertz CT molecular complexity index is 576. The number of likely N-dealkylation sites (N-methyl/N-ethyl adjacent to an activating group) is 1. The summed E-state index contributed by atoms with van der Waals surface area (Å²) >= 11 is 0. The van der Waals surface area contributed by atoms with Crippen LogP contribution < -0.4 is 5.32 Å². The predicted molar refractivity (Wildman–Crippen MR) is 111 cm³/mol. The van der Waals surface area contributed by atoms with Gasteiger partial charge >= 0.3 is 0 Å². The van der Waals surface area contributed by atoms with Crippen molar-refractivity contribution < 1.29 is 9.53 Å². The lowest BCUT2D eigenvalue weighted by molar-refractivity contribution is -0.133. The molecule has 1 aliphatic rings. The molecule has 27 heavy (non-hydrogen) atoms. The minimum Gasteiger partial charge on any atom is -0.373 e. The van der Waals surface area contributed by atoms with Crippen LogP contribution in [-0.2, 0) is 9.53 Å². The van der Waals surface area contributed by atoms with Crippen LogP contribution in [0.1, 0.15) is 53.1 Å². The van der Waals surface area contributed by atoms with E-state index in [9.17, 15) is 4.79 Å². The highest BCUT2D eigenvalue weighted by molar-refractivity contribution is 5.83. The van der Waals surface area contributed by atoms with Crippen LogP contribution in [0.4, 0.5) is 0 Å². The molecule has 1 N–H and O–H groups in total. The van der Waals surface area contributed by atoms with E-state index in [1.807, 2.05) is 49.1 Å². The molecular weight excluding hydrogens is 338 g/mol. The molecule has 1 amide bonds. The number of carbonyl (C=O) groups is 1. The molecule has 1 aromatic rings. The molecule has 1 fully saturated rings. The molecule has 0 aliphatic carbocycles.